The third-order valence-corrected chi connectivity index (χ3v) is 4.49. The van der Waals surface area contributed by atoms with Crippen molar-refractivity contribution in [1.82, 2.24) is 0 Å². The lowest BCUT2D eigenvalue weighted by Crippen LogP contribution is -2.21. The highest BCUT2D eigenvalue weighted by Gasteiger charge is 2.30. The van der Waals surface area contributed by atoms with Crippen molar-refractivity contribution in [2.75, 3.05) is 17.2 Å². The predicted octanol–water partition coefficient (Wildman–Crippen LogP) is -0.0664. The number of benzene rings is 1. The summed E-state index contributed by atoms with van der Waals surface area (Å²) in [4.78, 5) is 11.2. The molecule has 1 heterocycles. The van der Waals surface area contributed by atoms with E-state index < -0.39 is 21.8 Å². The van der Waals surface area contributed by atoms with E-state index in [-0.39, 0.29) is 22.8 Å². The molecular weight excluding hydrogens is 256 g/mol. The van der Waals surface area contributed by atoms with Crippen LogP contribution in [-0.2, 0) is 9.84 Å². The minimum Gasteiger partial charge on any atom is -0.488 e. The number of carbonyl (C=O) groups is 1. The highest BCUT2D eigenvalue weighted by molar-refractivity contribution is 7.91. The number of amides is 1. The quantitative estimate of drug-likeness (QED) is 0.747. The summed E-state index contributed by atoms with van der Waals surface area (Å²) >= 11 is 0. The second-order valence-electron chi connectivity index (χ2n) is 4.26. The van der Waals surface area contributed by atoms with Crippen LogP contribution in [0.25, 0.3) is 0 Å². The van der Waals surface area contributed by atoms with Crippen LogP contribution in [0.5, 0.6) is 5.75 Å². The van der Waals surface area contributed by atoms with E-state index in [9.17, 15) is 13.2 Å². The fourth-order valence-corrected chi connectivity index (χ4v) is 3.46. The normalized spacial score (nSPS) is 21.7. The molecule has 7 heteroatoms. The molecule has 1 atom stereocenters. The molecule has 6 nitrogen and oxygen atoms in total. The SMILES string of the molecule is NC(=O)c1ccc(N)cc1OC1CCS(=O)(=O)C1. The van der Waals surface area contributed by atoms with Gasteiger partial charge in [0.1, 0.15) is 11.9 Å². The first-order valence-electron chi connectivity index (χ1n) is 5.44. The molecule has 0 bridgehead atoms. The number of primary amides is 1. The molecule has 0 saturated carbocycles. The summed E-state index contributed by atoms with van der Waals surface area (Å²) in [5, 5.41) is 0. The van der Waals surface area contributed by atoms with Gasteiger partial charge in [0.05, 0.1) is 17.1 Å². The lowest BCUT2D eigenvalue weighted by Gasteiger charge is -2.14. The van der Waals surface area contributed by atoms with Crippen molar-refractivity contribution in [3.63, 3.8) is 0 Å². The number of hydrogen-bond donors (Lipinski definition) is 2. The monoisotopic (exact) mass is 270 g/mol. The van der Waals surface area contributed by atoms with E-state index in [2.05, 4.69) is 0 Å². The van der Waals surface area contributed by atoms with Crippen LogP contribution < -0.4 is 16.2 Å². The van der Waals surface area contributed by atoms with Gasteiger partial charge in [-0.25, -0.2) is 8.42 Å². The largest absolute Gasteiger partial charge is 0.488 e. The van der Waals surface area contributed by atoms with Gasteiger partial charge in [-0.3, -0.25) is 4.79 Å². The second kappa shape index (κ2) is 4.49. The Labute approximate surface area is 105 Å². The van der Waals surface area contributed by atoms with Crippen LogP contribution in [0.3, 0.4) is 0 Å². The van der Waals surface area contributed by atoms with Crippen molar-refractivity contribution >= 4 is 21.4 Å². The summed E-state index contributed by atoms with van der Waals surface area (Å²) < 4.78 is 28.2. The number of sulfone groups is 1. The van der Waals surface area contributed by atoms with Crippen molar-refractivity contribution in [2.45, 2.75) is 12.5 Å². The summed E-state index contributed by atoms with van der Waals surface area (Å²) in [5.41, 5.74) is 11.4. The van der Waals surface area contributed by atoms with Crippen molar-refractivity contribution in [1.29, 1.82) is 0 Å². The highest BCUT2D eigenvalue weighted by atomic mass is 32.2. The Morgan fingerprint density at radius 1 is 1.39 bits per heavy atom. The van der Waals surface area contributed by atoms with Crippen molar-refractivity contribution in [3.8, 4) is 5.75 Å². The first-order chi connectivity index (χ1) is 8.37. The molecule has 1 aliphatic rings. The van der Waals surface area contributed by atoms with Crippen LogP contribution in [0.2, 0.25) is 0 Å². The van der Waals surface area contributed by atoms with E-state index >= 15 is 0 Å². The van der Waals surface area contributed by atoms with E-state index in [0.717, 1.165) is 0 Å². The maximum absolute atomic E-state index is 11.3. The Morgan fingerprint density at radius 3 is 2.67 bits per heavy atom. The molecule has 1 saturated heterocycles. The first kappa shape index (κ1) is 12.7. The van der Waals surface area contributed by atoms with Gasteiger partial charge in [-0.15, -0.1) is 0 Å². The van der Waals surface area contributed by atoms with E-state index in [0.29, 0.717) is 12.1 Å². The molecule has 98 valence electrons. The van der Waals surface area contributed by atoms with E-state index in [1.165, 1.54) is 12.1 Å². The summed E-state index contributed by atoms with van der Waals surface area (Å²) in [6, 6.07) is 4.49. The number of hydrogen-bond acceptors (Lipinski definition) is 5. The number of carbonyl (C=O) groups excluding carboxylic acids is 1. The molecule has 1 unspecified atom stereocenters. The topological polar surface area (TPSA) is 112 Å². The van der Waals surface area contributed by atoms with Gasteiger partial charge in [-0.2, -0.15) is 0 Å². The molecule has 0 radical (unpaired) electrons. The van der Waals surface area contributed by atoms with Crippen molar-refractivity contribution < 1.29 is 17.9 Å². The van der Waals surface area contributed by atoms with Gasteiger partial charge in [-0.05, 0) is 18.6 Å². The predicted molar refractivity (Wildman–Crippen MR) is 67.1 cm³/mol. The lowest BCUT2D eigenvalue weighted by molar-refractivity contribution is 0.0994. The van der Waals surface area contributed by atoms with Crippen LogP contribution in [0, 0.1) is 0 Å². The molecule has 0 aromatic heterocycles. The second-order valence-corrected chi connectivity index (χ2v) is 6.49. The van der Waals surface area contributed by atoms with E-state index in [4.69, 9.17) is 16.2 Å². The summed E-state index contributed by atoms with van der Waals surface area (Å²) in [6.45, 7) is 0. The van der Waals surface area contributed by atoms with Gasteiger partial charge in [0.25, 0.3) is 5.91 Å². The number of anilines is 1. The van der Waals surface area contributed by atoms with Gasteiger partial charge in [0.2, 0.25) is 0 Å². The average Bonchev–Trinajstić information content (AvgIpc) is 2.57. The Morgan fingerprint density at radius 2 is 2.11 bits per heavy atom. The van der Waals surface area contributed by atoms with Gasteiger partial charge >= 0.3 is 0 Å². The first-order valence-corrected chi connectivity index (χ1v) is 7.26. The molecule has 1 aromatic carbocycles. The average molecular weight is 270 g/mol. The Kier molecular flexibility index (Phi) is 3.16. The molecule has 1 aliphatic heterocycles. The molecule has 2 rings (SSSR count). The number of rotatable bonds is 3. The van der Waals surface area contributed by atoms with Gasteiger partial charge in [-0.1, -0.05) is 0 Å². The Hall–Kier alpha value is -1.76. The van der Waals surface area contributed by atoms with Crippen molar-refractivity contribution in [2.24, 2.45) is 5.73 Å². The zero-order chi connectivity index (χ0) is 13.3. The van der Waals surface area contributed by atoms with Crippen molar-refractivity contribution in [3.05, 3.63) is 23.8 Å². The maximum atomic E-state index is 11.3. The Bertz CT molecular complexity index is 583. The smallest absolute Gasteiger partial charge is 0.252 e. The number of nitrogen functional groups attached to an aromatic ring is 1. The molecule has 1 amide bonds. The third-order valence-electron chi connectivity index (χ3n) is 2.76. The lowest BCUT2D eigenvalue weighted by atomic mass is 10.1. The summed E-state index contributed by atoms with van der Waals surface area (Å²) in [6.07, 6.45) is -0.0371. The van der Waals surface area contributed by atoms with E-state index in [1.807, 2.05) is 0 Å². The third kappa shape index (κ3) is 2.73. The molecular formula is C11H14N2O4S. The molecule has 0 aliphatic carbocycles. The maximum Gasteiger partial charge on any atom is 0.252 e. The fraction of sp³-hybridized carbons (Fsp3) is 0.364. The van der Waals surface area contributed by atoms with Crippen LogP contribution in [0.15, 0.2) is 18.2 Å². The Balaban J connectivity index is 2.23. The van der Waals surface area contributed by atoms with Gasteiger partial charge in [0, 0.05) is 11.8 Å². The zero-order valence-electron chi connectivity index (χ0n) is 9.63. The van der Waals surface area contributed by atoms with Gasteiger partial charge < -0.3 is 16.2 Å². The molecule has 18 heavy (non-hydrogen) atoms. The molecule has 0 spiro atoms. The number of ether oxygens (including phenoxy) is 1. The highest BCUT2D eigenvalue weighted by Crippen LogP contribution is 2.25. The zero-order valence-corrected chi connectivity index (χ0v) is 10.4. The van der Waals surface area contributed by atoms with Crippen LogP contribution >= 0.6 is 0 Å². The summed E-state index contributed by atoms with van der Waals surface area (Å²) in [7, 11) is -3.03. The van der Waals surface area contributed by atoms with E-state index in [1.54, 1.807) is 6.07 Å². The van der Waals surface area contributed by atoms with Gasteiger partial charge in [0.15, 0.2) is 9.84 Å². The minimum atomic E-state index is -3.03. The minimum absolute atomic E-state index is 0.0417. The van der Waals surface area contributed by atoms with Crippen LogP contribution in [-0.4, -0.2) is 31.9 Å². The summed E-state index contributed by atoms with van der Waals surface area (Å²) in [5.74, 6) is -0.332. The number of nitrogens with two attached hydrogens (primary N) is 2. The van der Waals surface area contributed by atoms with Crippen LogP contribution in [0.1, 0.15) is 16.8 Å². The molecule has 1 aromatic rings. The standard InChI is InChI=1S/C11H14N2O4S/c12-7-1-2-9(11(13)14)10(5-7)17-8-3-4-18(15,16)6-8/h1-2,5,8H,3-4,6,12H2,(H2,13,14). The van der Waals surface area contributed by atoms with Crippen LogP contribution in [0.4, 0.5) is 5.69 Å². The molecule has 1 fully saturated rings. The molecule has 4 N–H and O–H groups in total. The fourth-order valence-electron chi connectivity index (χ4n) is 1.87.